The lowest BCUT2D eigenvalue weighted by atomic mass is 10.1. The van der Waals surface area contributed by atoms with Gasteiger partial charge in [0.25, 0.3) is 5.91 Å². The van der Waals surface area contributed by atoms with Crippen molar-refractivity contribution in [3.8, 4) is 11.5 Å². The van der Waals surface area contributed by atoms with E-state index in [1.807, 2.05) is 31.2 Å². The van der Waals surface area contributed by atoms with Gasteiger partial charge in [0.15, 0.2) is 18.1 Å². The highest BCUT2D eigenvalue weighted by atomic mass is 16.5. The number of methoxy groups -OCH3 is 1. The highest BCUT2D eigenvalue weighted by molar-refractivity contribution is 5.92. The van der Waals surface area contributed by atoms with E-state index >= 15 is 0 Å². The van der Waals surface area contributed by atoms with Crippen LogP contribution >= 0.6 is 0 Å². The second-order valence-corrected chi connectivity index (χ2v) is 5.79. The fourth-order valence-electron chi connectivity index (χ4n) is 2.42. The number of carbonyl (C=O) groups excluding carboxylic acids is 2. The van der Waals surface area contributed by atoms with E-state index in [2.05, 4.69) is 10.6 Å². The number of hydrogen-bond acceptors (Lipinski definition) is 4. The van der Waals surface area contributed by atoms with Crippen molar-refractivity contribution >= 4 is 23.6 Å². The third kappa shape index (κ3) is 6.18. The zero-order chi connectivity index (χ0) is 19.6. The van der Waals surface area contributed by atoms with Gasteiger partial charge in [0.05, 0.1) is 13.5 Å². The Bertz CT molecular complexity index is 813. The van der Waals surface area contributed by atoms with Gasteiger partial charge in [0.1, 0.15) is 0 Å². The number of ether oxygens (including phenoxy) is 2. The summed E-state index contributed by atoms with van der Waals surface area (Å²) in [5.41, 5.74) is 2.50. The summed E-state index contributed by atoms with van der Waals surface area (Å²) in [4.78, 5) is 23.5. The van der Waals surface area contributed by atoms with Gasteiger partial charge < -0.3 is 20.1 Å². The quantitative estimate of drug-likeness (QED) is 0.751. The molecule has 27 heavy (non-hydrogen) atoms. The van der Waals surface area contributed by atoms with E-state index in [0.717, 1.165) is 11.1 Å². The standard InChI is InChI=1S/C21H24N2O4/c1-4-5-15-8-11-18(19(12-15)26-3)27-14-21(25)23-17-9-6-16(7-10-17)13-20(24)22-2/h4-12H,13-14H2,1-3H3,(H,22,24)(H,23,25)/b5-4+. The van der Waals surface area contributed by atoms with Crippen molar-refractivity contribution in [2.45, 2.75) is 13.3 Å². The second-order valence-electron chi connectivity index (χ2n) is 5.79. The number of nitrogens with one attached hydrogen (secondary N) is 2. The molecule has 0 saturated heterocycles. The molecule has 2 aromatic carbocycles. The molecule has 0 heterocycles. The van der Waals surface area contributed by atoms with Gasteiger partial charge >= 0.3 is 0 Å². The van der Waals surface area contributed by atoms with Crippen LogP contribution in [0.4, 0.5) is 5.69 Å². The van der Waals surface area contributed by atoms with Crippen LogP contribution in [0.3, 0.4) is 0 Å². The summed E-state index contributed by atoms with van der Waals surface area (Å²) in [6.45, 7) is 1.80. The Kier molecular flexibility index (Phi) is 7.43. The molecule has 0 atom stereocenters. The second kappa shape index (κ2) is 10.0. The van der Waals surface area contributed by atoms with E-state index in [4.69, 9.17) is 9.47 Å². The SMILES string of the molecule is C/C=C/c1ccc(OCC(=O)Nc2ccc(CC(=O)NC)cc2)c(OC)c1. The monoisotopic (exact) mass is 368 g/mol. The van der Waals surface area contributed by atoms with Gasteiger partial charge in [-0.25, -0.2) is 0 Å². The zero-order valence-electron chi connectivity index (χ0n) is 15.7. The molecule has 0 radical (unpaired) electrons. The Morgan fingerprint density at radius 3 is 2.41 bits per heavy atom. The first-order valence-corrected chi connectivity index (χ1v) is 8.58. The highest BCUT2D eigenvalue weighted by Crippen LogP contribution is 2.28. The molecule has 0 unspecified atom stereocenters. The van der Waals surface area contributed by atoms with Gasteiger partial charge in [-0.05, 0) is 42.3 Å². The molecule has 0 aromatic heterocycles. The van der Waals surface area contributed by atoms with Gasteiger partial charge in [0.2, 0.25) is 5.91 Å². The van der Waals surface area contributed by atoms with Crippen molar-refractivity contribution in [3.63, 3.8) is 0 Å². The molecular weight excluding hydrogens is 344 g/mol. The van der Waals surface area contributed by atoms with E-state index in [9.17, 15) is 9.59 Å². The van der Waals surface area contributed by atoms with E-state index in [1.165, 1.54) is 0 Å². The van der Waals surface area contributed by atoms with Crippen molar-refractivity contribution in [2.24, 2.45) is 0 Å². The zero-order valence-corrected chi connectivity index (χ0v) is 15.7. The van der Waals surface area contributed by atoms with E-state index < -0.39 is 0 Å². The summed E-state index contributed by atoms with van der Waals surface area (Å²) in [5, 5.41) is 5.33. The number of anilines is 1. The molecule has 0 fully saturated rings. The number of amides is 2. The largest absolute Gasteiger partial charge is 0.493 e. The van der Waals surface area contributed by atoms with Gasteiger partial charge in [-0.2, -0.15) is 0 Å². The van der Waals surface area contributed by atoms with Gasteiger partial charge in [-0.15, -0.1) is 0 Å². The Morgan fingerprint density at radius 1 is 1.04 bits per heavy atom. The van der Waals surface area contributed by atoms with E-state index in [1.54, 1.807) is 44.5 Å². The fraction of sp³-hybridized carbons (Fsp3) is 0.238. The molecule has 0 aliphatic carbocycles. The number of benzene rings is 2. The van der Waals surface area contributed by atoms with E-state index in [0.29, 0.717) is 23.6 Å². The maximum atomic E-state index is 12.1. The average molecular weight is 368 g/mol. The summed E-state index contributed by atoms with van der Waals surface area (Å²) in [6.07, 6.45) is 4.19. The summed E-state index contributed by atoms with van der Waals surface area (Å²) in [7, 11) is 3.15. The Hall–Kier alpha value is -3.28. The predicted octanol–water partition coefficient (Wildman–Crippen LogP) is 3.03. The lowest BCUT2D eigenvalue weighted by Crippen LogP contribution is -2.21. The first-order chi connectivity index (χ1) is 13.0. The molecule has 0 saturated carbocycles. The van der Waals surface area contributed by atoms with Crippen LogP contribution in [0.2, 0.25) is 0 Å². The molecule has 0 aliphatic rings. The van der Waals surface area contributed by atoms with Crippen LogP contribution < -0.4 is 20.1 Å². The van der Waals surface area contributed by atoms with Crippen molar-refractivity contribution in [1.82, 2.24) is 5.32 Å². The van der Waals surface area contributed by atoms with Gasteiger partial charge in [0, 0.05) is 12.7 Å². The minimum absolute atomic E-state index is 0.0606. The van der Waals surface area contributed by atoms with Crippen LogP contribution in [0.5, 0.6) is 11.5 Å². The molecule has 142 valence electrons. The van der Waals surface area contributed by atoms with Crippen molar-refractivity contribution < 1.29 is 19.1 Å². The number of hydrogen-bond donors (Lipinski definition) is 2. The van der Waals surface area contributed by atoms with Crippen LogP contribution in [-0.2, 0) is 16.0 Å². The molecule has 2 N–H and O–H groups in total. The van der Waals surface area contributed by atoms with Crippen molar-refractivity contribution in [2.75, 3.05) is 26.1 Å². The molecule has 0 bridgehead atoms. The molecule has 0 spiro atoms. The summed E-state index contributed by atoms with van der Waals surface area (Å²) in [6, 6.07) is 12.6. The minimum Gasteiger partial charge on any atom is -0.493 e. The van der Waals surface area contributed by atoms with E-state index in [-0.39, 0.29) is 18.4 Å². The van der Waals surface area contributed by atoms with Crippen LogP contribution in [0.1, 0.15) is 18.1 Å². The van der Waals surface area contributed by atoms with Gasteiger partial charge in [-0.3, -0.25) is 9.59 Å². The Balaban J connectivity index is 1.91. The topological polar surface area (TPSA) is 76.7 Å². The molecule has 2 rings (SSSR count). The predicted molar refractivity (Wildman–Crippen MR) is 106 cm³/mol. The molecular formula is C21H24N2O4. The average Bonchev–Trinajstić information content (AvgIpc) is 2.68. The van der Waals surface area contributed by atoms with Gasteiger partial charge in [-0.1, -0.05) is 30.4 Å². The van der Waals surface area contributed by atoms with Crippen LogP contribution in [0, 0.1) is 0 Å². The summed E-state index contributed by atoms with van der Waals surface area (Å²) in [5.74, 6) is 0.724. The third-order valence-electron chi connectivity index (χ3n) is 3.79. The molecule has 6 nitrogen and oxygen atoms in total. The number of rotatable bonds is 8. The van der Waals surface area contributed by atoms with Crippen LogP contribution in [0.15, 0.2) is 48.5 Å². The lowest BCUT2D eigenvalue weighted by Gasteiger charge is -2.12. The lowest BCUT2D eigenvalue weighted by molar-refractivity contribution is -0.120. The first-order valence-electron chi connectivity index (χ1n) is 8.58. The number of allylic oxidation sites excluding steroid dienone is 1. The number of likely N-dealkylation sites (N-methyl/N-ethyl adjacent to an activating group) is 1. The maximum Gasteiger partial charge on any atom is 0.262 e. The summed E-state index contributed by atoms with van der Waals surface area (Å²) >= 11 is 0. The van der Waals surface area contributed by atoms with Crippen molar-refractivity contribution in [1.29, 1.82) is 0 Å². The number of carbonyl (C=O) groups is 2. The molecule has 2 aromatic rings. The third-order valence-corrected chi connectivity index (χ3v) is 3.79. The first kappa shape index (κ1) is 20.0. The van der Waals surface area contributed by atoms with Crippen LogP contribution in [0.25, 0.3) is 6.08 Å². The molecule has 0 aliphatic heterocycles. The van der Waals surface area contributed by atoms with Crippen LogP contribution in [-0.4, -0.2) is 32.6 Å². The maximum absolute atomic E-state index is 12.1. The van der Waals surface area contributed by atoms with Crippen molar-refractivity contribution in [3.05, 3.63) is 59.7 Å². The normalized spacial score (nSPS) is 10.5. The Labute approximate surface area is 159 Å². The highest BCUT2D eigenvalue weighted by Gasteiger charge is 2.09. The molecule has 2 amide bonds. The smallest absolute Gasteiger partial charge is 0.262 e. The minimum atomic E-state index is -0.284. The summed E-state index contributed by atoms with van der Waals surface area (Å²) < 4.78 is 10.9. The Morgan fingerprint density at radius 2 is 1.78 bits per heavy atom. The fourth-order valence-corrected chi connectivity index (χ4v) is 2.42. The molecule has 6 heteroatoms.